The maximum Gasteiger partial charge on any atom is 0.323 e. The van der Waals surface area contributed by atoms with Gasteiger partial charge in [-0.05, 0) is 30.3 Å². The molecule has 3 rings (SSSR count). The zero-order valence-electron chi connectivity index (χ0n) is 14.5. The third-order valence-electron chi connectivity index (χ3n) is 3.87. The molecule has 0 saturated carbocycles. The Morgan fingerprint density at radius 2 is 1.52 bits per heavy atom. The van der Waals surface area contributed by atoms with Gasteiger partial charge in [-0.1, -0.05) is 54.1 Å². The van der Waals surface area contributed by atoms with Crippen molar-refractivity contribution in [3.05, 3.63) is 88.9 Å². The van der Waals surface area contributed by atoms with Crippen LogP contribution in [0.4, 0.5) is 16.2 Å². The Hall–Kier alpha value is -3.31. The van der Waals surface area contributed by atoms with Crippen LogP contribution in [0.2, 0.25) is 5.02 Å². The number of hydrogen-bond acceptors (Lipinski definition) is 3. The maximum absolute atomic E-state index is 12.7. The number of methoxy groups -OCH3 is 1. The molecule has 3 aromatic rings. The van der Waals surface area contributed by atoms with E-state index in [0.717, 1.165) is 0 Å². The number of carbonyl (C=O) groups excluding carboxylic acids is 2. The number of carbonyl (C=O) groups is 2. The summed E-state index contributed by atoms with van der Waals surface area (Å²) in [4.78, 5) is 25.2. The molecule has 5 nitrogen and oxygen atoms in total. The van der Waals surface area contributed by atoms with E-state index in [1.165, 1.54) is 7.11 Å². The minimum atomic E-state index is -0.510. The smallest absolute Gasteiger partial charge is 0.323 e. The fourth-order valence-electron chi connectivity index (χ4n) is 2.59. The Morgan fingerprint density at radius 1 is 0.852 bits per heavy atom. The monoisotopic (exact) mass is 380 g/mol. The molecule has 0 atom stereocenters. The molecular weight excluding hydrogens is 364 g/mol. The van der Waals surface area contributed by atoms with Crippen molar-refractivity contribution in [1.29, 1.82) is 0 Å². The average Bonchev–Trinajstić information content (AvgIpc) is 2.69. The molecule has 2 N–H and O–H groups in total. The minimum absolute atomic E-state index is 0.174. The Morgan fingerprint density at radius 3 is 2.26 bits per heavy atom. The van der Waals surface area contributed by atoms with E-state index in [9.17, 15) is 9.59 Å². The number of halogens is 1. The van der Waals surface area contributed by atoms with Crippen LogP contribution < -0.4 is 15.4 Å². The first-order valence-electron chi connectivity index (χ1n) is 8.19. The lowest BCUT2D eigenvalue weighted by Crippen LogP contribution is -2.21. The number of anilines is 2. The molecule has 0 aliphatic carbocycles. The van der Waals surface area contributed by atoms with E-state index in [2.05, 4.69) is 10.6 Å². The molecule has 0 bridgehead atoms. The summed E-state index contributed by atoms with van der Waals surface area (Å²) in [5.41, 5.74) is 1.78. The quantitative estimate of drug-likeness (QED) is 0.596. The summed E-state index contributed by atoms with van der Waals surface area (Å²) in [7, 11) is 1.50. The van der Waals surface area contributed by atoms with Crippen molar-refractivity contribution < 1.29 is 14.3 Å². The van der Waals surface area contributed by atoms with Crippen LogP contribution in [0.1, 0.15) is 15.9 Å². The van der Waals surface area contributed by atoms with E-state index in [-0.39, 0.29) is 5.78 Å². The first-order chi connectivity index (χ1) is 13.1. The second-order valence-corrected chi connectivity index (χ2v) is 6.10. The Labute approximate surface area is 161 Å². The van der Waals surface area contributed by atoms with Crippen LogP contribution in [0.5, 0.6) is 5.75 Å². The molecule has 0 unspecified atom stereocenters. The topological polar surface area (TPSA) is 67.4 Å². The molecule has 3 aromatic carbocycles. The molecule has 2 amide bonds. The number of amides is 2. The summed E-state index contributed by atoms with van der Waals surface area (Å²) in [6, 6.07) is 20.1. The molecule has 27 heavy (non-hydrogen) atoms. The molecule has 0 aliphatic heterocycles. The maximum atomic E-state index is 12.7. The highest BCUT2D eigenvalue weighted by Crippen LogP contribution is 2.28. The zero-order valence-corrected chi connectivity index (χ0v) is 15.3. The fourth-order valence-corrected chi connectivity index (χ4v) is 2.76. The predicted molar refractivity (Wildman–Crippen MR) is 107 cm³/mol. The molecule has 0 radical (unpaired) electrons. The number of para-hydroxylation sites is 1. The molecule has 0 aromatic heterocycles. The molecule has 136 valence electrons. The summed E-state index contributed by atoms with van der Waals surface area (Å²) in [5, 5.41) is 5.86. The number of urea groups is 1. The molecule has 0 fully saturated rings. The van der Waals surface area contributed by atoms with Gasteiger partial charge >= 0.3 is 6.03 Å². The minimum Gasteiger partial charge on any atom is -0.495 e. The Kier molecular flexibility index (Phi) is 5.74. The van der Waals surface area contributed by atoms with E-state index in [4.69, 9.17) is 16.3 Å². The fraction of sp³-hybridized carbons (Fsp3) is 0.0476. The van der Waals surface area contributed by atoms with Gasteiger partial charge in [0.2, 0.25) is 0 Å². The van der Waals surface area contributed by atoms with Gasteiger partial charge in [0, 0.05) is 16.1 Å². The zero-order chi connectivity index (χ0) is 19.2. The average molecular weight is 381 g/mol. The van der Waals surface area contributed by atoms with Crippen molar-refractivity contribution >= 4 is 34.8 Å². The number of ether oxygens (including phenoxy) is 1. The van der Waals surface area contributed by atoms with E-state index >= 15 is 0 Å². The number of ketones is 1. The van der Waals surface area contributed by atoms with E-state index < -0.39 is 6.03 Å². The van der Waals surface area contributed by atoms with Gasteiger partial charge in [0.15, 0.2) is 5.78 Å². The van der Waals surface area contributed by atoms with Crippen LogP contribution in [0.3, 0.4) is 0 Å². The van der Waals surface area contributed by atoms with Crippen LogP contribution in [-0.2, 0) is 0 Å². The molecule has 0 heterocycles. The van der Waals surface area contributed by atoms with Gasteiger partial charge in [-0.3, -0.25) is 4.79 Å². The highest BCUT2D eigenvalue weighted by atomic mass is 35.5. The molecule has 6 heteroatoms. The van der Waals surface area contributed by atoms with Crippen molar-refractivity contribution in [3.8, 4) is 5.75 Å². The van der Waals surface area contributed by atoms with Crippen molar-refractivity contribution in [2.24, 2.45) is 0 Å². The van der Waals surface area contributed by atoms with Crippen molar-refractivity contribution in [3.63, 3.8) is 0 Å². The van der Waals surface area contributed by atoms with Crippen LogP contribution in [0, 0.1) is 0 Å². The van der Waals surface area contributed by atoms with Crippen LogP contribution in [0.15, 0.2) is 72.8 Å². The summed E-state index contributed by atoms with van der Waals surface area (Å²) < 4.78 is 5.22. The second kappa shape index (κ2) is 8.38. The van der Waals surface area contributed by atoms with Crippen molar-refractivity contribution in [2.75, 3.05) is 17.7 Å². The third-order valence-corrected chi connectivity index (χ3v) is 4.10. The highest BCUT2D eigenvalue weighted by molar-refractivity contribution is 6.31. The normalized spacial score (nSPS) is 10.1. The van der Waals surface area contributed by atoms with Gasteiger partial charge in [-0.2, -0.15) is 0 Å². The summed E-state index contributed by atoms with van der Waals surface area (Å²) >= 11 is 5.98. The van der Waals surface area contributed by atoms with Crippen molar-refractivity contribution in [2.45, 2.75) is 0 Å². The predicted octanol–water partition coefficient (Wildman–Crippen LogP) is 5.22. The Bertz CT molecular complexity index is 974. The third kappa shape index (κ3) is 4.46. The van der Waals surface area contributed by atoms with Gasteiger partial charge in [0.05, 0.1) is 18.5 Å². The van der Waals surface area contributed by atoms with Crippen LogP contribution in [0.25, 0.3) is 0 Å². The lowest BCUT2D eigenvalue weighted by Gasteiger charge is -2.13. The summed E-state index contributed by atoms with van der Waals surface area (Å²) in [6.45, 7) is 0. The van der Waals surface area contributed by atoms with E-state index in [0.29, 0.717) is 33.3 Å². The first kappa shape index (κ1) is 18.5. The second-order valence-electron chi connectivity index (χ2n) is 5.66. The Balaban J connectivity index is 1.81. The lowest BCUT2D eigenvalue weighted by molar-refractivity contribution is 0.103. The SMILES string of the molecule is COc1ccc(Cl)cc1NC(=O)Nc1ccccc1C(=O)c1ccccc1. The lowest BCUT2D eigenvalue weighted by atomic mass is 10.0. The number of rotatable bonds is 5. The molecule has 0 spiro atoms. The highest BCUT2D eigenvalue weighted by Gasteiger charge is 2.15. The van der Waals surface area contributed by atoms with Gasteiger partial charge < -0.3 is 15.4 Å². The van der Waals surface area contributed by atoms with E-state index in [1.807, 2.05) is 6.07 Å². The molecule has 0 aliphatic rings. The van der Waals surface area contributed by atoms with Crippen LogP contribution in [-0.4, -0.2) is 18.9 Å². The molecular formula is C21H17ClN2O3. The van der Waals surface area contributed by atoms with Gasteiger partial charge in [-0.25, -0.2) is 4.79 Å². The van der Waals surface area contributed by atoms with Crippen LogP contribution >= 0.6 is 11.6 Å². The van der Waals surface area contributed by atoms with Crippen molar-refractivity contribution in [1.82, 2.24) is 0 Å². The van der Waals surface area contributed by atoms with Gasteiger partial charge in [0.1, 0.15) is 5.75 Å². The van der Waals surface area contributed by atoms with E-state index in [1.54, 1.807) is 66.7 Å². The standard InChI is InChI=1S/C21H17ClN2O3/c1-27-19-12-11-15(22)13-18(19)24-21(26)23-17-10-6-5-9-16(17)20(25)14-7-3-2-4-8-14/h2-13H,1H3,(H2,23,24,26). The van der Waals surface area contributed by atoms with Gasteiger partial charge in [-0.15, -0.1) is 0 Å². The molecule has 0 saturated heterocycles. The van der Waals surface area contributed by atoms with Gasteiger partial charge in [0.25, 0.3) is 0 Å². The summed E-state index contributed by atoms with van der Waals surface area (Å²) in [5.74, 6) is 0.301. The summed E-state index contributed by atoms with van der Waals surface area (Å²) in [6.07, 6.45) is 0. The number of benzene rings is 3. The first-order valence-corrected chi connectivity index (χ1v) is 8.56. The number of nitrogens with one attached hydrogen (secondary N) is 2. The number of hydrogen-bond donors (Lipinski definition) is 2. The largest absolute Gasteiger partial charge is 0.495 e.